The molecule has 0 bridgehead atoms. The first-order valence-corrected chi connectivity index (χ1v) is 10.8. The van der Waals surface area contributed by atoms with Crippen molar-refractivity contribution in [1.29, 1.82) is 0 Å². The largest absolute Gasteiger partial charge is 0.481 e. The zero-order valence-electron chi connectivity index (χ0n) is 15.8. The Bertz CT molecular complexity index is 770. The molecular formula is C19H28N2O5S. The number of benzene rings is 1. The van der Waals surface area contributed by atoms with E-state index in [-0.39, 0.29) is 22.9 Å². The molecule has 1 aliphatic rings. The van der Waals surface area contributed by atoms with E-state index in [1.54, 1.807) is 0 Å². The molecule has 27 heavy (non-hydrogen) atoms. The molecule has 0 radical (unpaired) electrons. The number of nitrogens with zero attached hydrogens (tertiary/aromatic N) is 1. The Morgan fingerprint density at radius 1 is 1.19 bits per heavy atom. The lowest BCUT2D eigenvalue weighted by atomic mass is 9.97. The third kappa shape index (κ3) is 5.77. The van der Waals surface area contributed by atoms with Crippen LogP contribution in [0, 0.1) is 11.8 Å². The van der Waals surface area contributed by atoms with Crippen LogP contribution in [0.4, 0.5) is 0 Å². The summed E-state index contributed by atoms with van der Waals surface area (Å²) in [5, 5.41) is 11.9. The van der Waals surface area contributed by atoms with Gasteiger partial charge in [0, 0.05) is 25.2 Å². The maximum atomic E-state index is 12.8. The van der Waals surface area contributed by atoms with Gasteiger partial charge >= 0.3 is 5.97 Å². The van der Waals surface area contributed by atoms with Crippen molar-refractivity contribution in [2.24, 2.45) is 11.8 Å². The van der Waals surface area contributed by atoms with E-state index in [9.17, 15) is 23.1 Å². The predicted octanol–water partition coefficient (Wildman–Crippen LogP) is 2.34. The van der Waals surface area contributed by atoms with E-state index in [2.05, 4.69) is 5.32 Å². The number of hydrogen-bond acceptors (Lipinski definition) is 4. The van der Waals surface area contributed by atoms with Crippen molar-refractivity contribution in [2.75, 3.05) is 19.6 Å². The van der Waals surface area contributed by atoms with Crippen molar-refractivity contribution in [3.63, 3.8) is 0 Å². The van der Waals surface area contributed by atoms with E-state index in [0.29, 0.717) is 19.5 Å². The van der Waals surface area contributed by atoms with Gasteiger partial charge in [-0.15, -0.1) is 0 Å². The van der Waals surface area contributed by atoms with Crippen LogP contribution in [0.2, 0.25) is 0 Å². The third-order valence-corrected chi connectivity index (χ3v) is 6.56. The van der Waals surface area contributed by atoms with Crippen molar-refractivity contribution in [1.82, 2.24) is 9.62 Å². The fourth-order valence-corrected chi connectivity index (χ4v) is 4.77. The van der Waals surface area contributed by atoms with Crippen LogP contribution in [0.15, 0.2) is 29.2 Å². The number of rotatable bonds is 8. The smallest absolute Gasteiger partial charge is 0.308 e. The summed E-state index contributed by atoms with van der Waals surface area (Å²) in [4.78, 5) is 23.8. The molecule has 1 aromatic carbocycles. The topological polar surface area (TPSA) is 104 Å². The number of carboxylic acids is 1. The van der Waals surface area contributed by atoms with Gasteiger partial charge in [-0.05, 0) is 43.4 Å². The molecule has 2 N–H and O–H groups in total. The quantitative estimate of drug-likeness (QED) is 0.702. The minimum absolute atomic E-state index is 0.00937. The van der Waals surface area contributed by atoms with Crippen LogP contribution in [-0.4, -0.2) is 49.3 Å². The van der Waals surface area contributed by atoms with Crippen molar-refractivity contribution in [3.8, 4) is 0 Å². The fourth-order valence-electron chi connectivity index (χ4n) is 3.21. The Labute approximate surface area is 160 Å². The van der Waals surface area contributed by atoms with E-state index >= 15 is 0 Å². The second-order valence-corrected chi connectivity index (χ2v) is 9.31. The molecule has 1 amide bonds. The van der Waals surface area contributed by atoms with Crippen molar-refractivity contribution < 1.29 is 23.1 Å². The van der Waals surface area contributed by atoms with Gasteiger partial charge < -0.3 is 10.4 Å². The zero-order valence-corrected chi connectivity index (χ0v) is 16.7. The zero-order chi connectivity index (χ0) is 20.0. The van der Waals surface area contributed by atoms with Gasteiger partial charge in [-0.1, -0.05) is 26.3 Å². The molecule has 1 atom stereocenters. The molecule has 7 nitrogen and oxygen atoms in total. The number of sulfonamides is 1. The predicted molar refractivity (Wildman–Crippen MR) is 102 cm³/mol. The molecule has 0 aromatic heterocycles. The van der Waals surface area contributed by atoms with Gasteiger partial charge in [0.25, 0.3) is 5.91 Å². The molecule has 0 saturated carbocycles. The second-order valence-electron chi connectivity index (χ2n) is 7.37. The number of nitrogens with one attached hydrogen (secondary N) is 1. The Kier molecular flexibility index (Phi) is 7.38. The maximum Gasteiger partial charge on any atom is 0.308 e. The number of hydrogen-bond donors (Lipinski definition) is 2. The molecule has 2 rings (SSSR count). The number of piperidine rings is 1. The van der Waals surface area contributed by atoms with Crippen LogP contribution in [0.1, 0.15) is 49.9 Å². The van der Waals surface area contributed by atoms with Crippen molar-refractivity contribution in [2.45, 2.75) is 44.4 Å². The van der Waals surface area contributed by atoms with Crippen LogP contribution in [0.25, 0.3) is 0 Å². The van der Waals surface area contributed by atoms with Gasteiger partial charge in [0.05, 0.1) is 10.8 Å². The molecule has 8 heteroatoms. The summed E-state index contributed by atoms with van der Waals surface area (Å²) in [5.74, 6) is -1.90. The molecule has 0 spiro atoms. The van der Waals surface area contributed by atoms with Crippen LogP contribution < -0.4 is 5.32 Å². The Hall–Kier alpha value is -1.93. The number of carbonyl (C=O) groups excluding carboxylic acids is 1. The molecule has 1 heterocycles. The van der Waals surface area contributed by atoms with Gasteiger partial charge in [0.2, 0.25) is 10.0 Å². The van der Waals surface area contributed by atoms with Crippen molar-refractivity contribution >= 4 is 21.9 Å². The first kappa shape index (κ1) is 21.4. The molecular weight excluding hydrogens is 368 g/mol. The van der Waals surface area contributed by atoms with Gasteiger partial charge in [-0.3, -0.25) is 9.59 Å². The highest BCUT2D eigenvalue weighted by molar-refractivity contribution is 7.89. The monoisotopic (exact) mass is 396 g/mol. The van der Waals surface area contributed by atoms with Crippen LogP contribution in [0.3, 0.4) is 0 Å². The summed E-state index contributed by atoms with van der Waals surface area (Å²) in [7, 11) is -3.62. The first-order chi connectivity index (χ1) is 12.7. The van der Waals surface area contributed by atoms with Gasteiger partial charge in [-0.2, -0.15) is 4.31 Å². The SMILES string of the molecule is CC(C)CC(CNC(=O)c1cccc(S(=O)(=O)N2CCCCC2)c1)C(=O)O. The average molecular weight is 397 g/mol. The summed E-state index contributed by atoms with van der Waals surface area (Å²) >= 11 is 0. The molecule has 0 aliphatic carbocycles. The lowest BCUT2D eigenvalue weighted by Crippen LogP contribution is -2.36. The van der Waals surface area contributed by atoms with E-state index in [0.717, 1.165) is 19.3 Å². The van der Waals surface area contributed by atoms with Gasteiger partial charge in [0.15, 0.2) is 0 Å². The minimum atomic E-state index is -3.62. The molecule has 1 aliphatic heterocycles. The number of aliphatic carboxylic acids is 1. The summed E-state index contributed by atoms with van der Waals surface area (Å²) in [6.07, 6.45) is 3.16. The molecule has 1 fully saturated rings. The van der Waals surface area contributed by atoms with Gasteiger partial charge in [-0.25, -0.2) is 8.42 Å². The van der Waals surface area contributed by atoms with E-state index in [4.69, 9.17) is 0 Å². The summed E-state index contributed by atoms with van der Waals surface area (Å²) in [6, 6.07) is 5.91. The number of carbonyl (C=O) groups is 2. The minimum Gasteiger partial charge on any atom is -0.481 e. The Morgan fingerprint density at radius 2 is 1.85 bits per heavy atom. The Balaban J connectivity index is 2.09. The normalized spacial score (nSPS) is 16.9. The standard InChI is InChI=1S/C19H28N2O5S/c1-14(2)11-16(19(23)24)13-20-18(22)15-7-6-8-17(12-15)27(25,26)21-9-4-3-5-10-21/h6-8,12,14,16H,3-5,9-11,13H2,1-2H3,(H,20,22)(H,23,24). The van der Waals surface area contributed by atoms with Crippen LogP contribution in [-0.2, 0) is 14.8 Å². The second kappa shape index (κ2) is 9.32. The lowest BCUT2D eigenvalue weighted by Gasteiger charge is -2.26. The van der Waals surface area contributed by atoms with E-state index < -0.39 is 27.8 Å². The molecule has 1 saturated heterocycles. The highest BCUT2D eigenvalue weighted by Crippen LogP contribution is 2.21. The molecule has 1 aromatic rings. The third-order valence-electron chi connectivity index (χ3n) is 4.66. The Morgan fingerprint density at radius 3 is 2.44 bits per heavy atom. The average Bonchev–Trinajstić information content (AvgIpc) is 2.65. The maximum absolute atomic E-state index is 12.8. The highest BCUT2D eigenvalue weighted by Gasteiger charge is 2.26. The van der Waals surface area contributed by atoms with Gasteiger partial charge in [0.1, 0.15) is 0 Å². The lowest BCUT2D eigenvalue weighted by molar-refractivity contribution is -0.142. The fraction of sp³-hybridized carbons (Fsp3) is 0.579. The molecule has 150 valence electrons. The van der Waals surface area contributed by atoms with Crippen LogP contribution in [0.5, 0.6) is 0 Å². The van der Waals surface area contributed by atoms with Crippen molar-refractivity contribution in [3.05, 3.63) is 29.8 Å². The van der Waals surface area contributed by atoms with Crippen LogP contribution >= 0.6 is 0 Å². The number of amides is 1. The summed E-state index contributed by atoms with van der Waals surface area (Å²) in [5.41, 5.74) is 0.210. The number of carboxylic acid groups (broad SMARTS) is 1. The first-order valence-electron chi connectivity index (χ1n) is 9.33. The van der Waals surface area contributed by atoms with E-state index in [1.165, 1.54) is 28.6 Å². The summed E-state index contributed by atoms with van der Waals surface area (Å²) < 4.78 is 27.0. The molecule has 1 unspecified atom stereocenters. The summed E-state index contributed by atoms with van der Waals surface area (Å²) in [6.45, 7) is 4.84. The van der Waals surface area contributed by atoms with E-state index in [1.807, 2.05) is 13.8 Å². The highest BCUT2D eigenvalue weighted by atomic mass is 32.2.